The summed E-state index contributed by atoms with van der Waals surface area (Å²) in [7, 11) is 0. The van der Waals surface area contributed by atoms with Crippen LogP contribution in [0.4, 0.5) is 5.82 Å². The van der Waals surface area contributed by atoms with Crippen LogP contribution in [0.15, 0.2) is 91.3 Å². The molecule has 1 N–H and O–H groups in total. The van der Waals surface area contributed by atoms with E-state index in [-0.39, 0.29) is 6.04 Å². The van der Waals surface area contributed by atoms with Crippen LogP contribution in [-0.2, 0) is 0 Å². The van der Waals surface area contributed by atoms with Crippen LogP contribution >= 0.6 is 0 Å². The van der Waals surface area contributed by atoms with Gasteiger partial charge in [0.05, 0.1) is 6.04 Å². The predicted molar refractivity (Wildman–Crippen MR) is 130 cm³/mol. The number of anilines is 1. The van der Waals surface area contributed by atoms with E-state index in [0.29, 0.717) is 0 Å². The number of aromatic nitrogens is 3. The number of para-hydroxylation sites is 1. The molecule has 0 amide bonds. The van der Waals surface area contributed by atoms with Crippen molar-refractivity contribution in [1.29, 1.82) is 0 Å². The molecule has 1 aliphatic heterocycles. The van der Waals surface area contributed by atoms with E-state index in [4.69, 9.17) is 0 Å². The van der Waals surface area contributed by atoms with E-state index in [0.717, 1.165) is 53.9 Å². The number of benzene rings is 3. The van der Waals surface area contributed by atoms with Crippen molar-refractivity contribution < 1.29 is 0 Å². The minimum absolute atomic E-state index is 0.262. The Hall–Kier alpha value is -3.70. The number of piperazine rings is 1. The van der Waals surface area contributed by atoms with E-state index < -0.39 is 0 Å². The average Bonchev–Trinajstić information content (AvgIpc) is 3.25. The highest BCUT2D eigenvalue weighted by atomic mass is 15.3. The minimum atomic E-state index is 0.262. The summed E-state index contributed by atoms with van der Waals surface area (Å²) in [6.07, 6.45) is 1.70. The van der Waals surface area contributed by atoms with Gasteiger partial charge in [0, 0.05) is 37.1 Å². The van der Waals surface area contributed by atoms with Gasteiger partial charge in [0.2, 0.25) is 0 Å². The van der Waals surface area contributed by atoms with Crippen LogP contribution in [0.25, 0.3) is 21.9 Å². The van der Waals surface area contributed by atoms with Crippen molar-refractivity contribution in [3.05, 3.63) is 102 Å². The Morgan fingerprint density at radius 3 is 2.00 bits per heavy atom. The van der Waals surface area contributed by atoms with E-state index in [2.05, 4.69) is 110 Å². The molecular formula is C27H25N5. The third-order valence-electron chi connectivity index (χ3n) is 6.48. The molecule has 0 atom stereocenters. The molecule has 1 aliphatic rings. The van der Waals surface area contributed by atoms with E-state index >= 15 is 0 Å². The quantitative estimate of drug-likeness (QED) is 0.444. The maximum absolute atomic E-state index is 4.68. The molecule has 3 heterocycles. The molecule has 0 radical (unpaired) electrons. The largest absolute Gasteiger partial charge is 0.352 e. The Bertz CT molecular complexity index is 1300. The molecule has 5 aromatic rings. The molecule has 1 fully saturated rings. The second kappa shape index (κ2) is 8.09. The molecule has 1 saturated heterocycles. The van der Waals surface area contributed by atoms with Gasteiger partial charge < -0.3 is 9.88 Å². The molecule has 5 nitrogen and oxygen atoms in total. The molecule has 158 valence electrons. The van der Waals surface area contributed by atoms with Gasteiger partial charge in [0.1, 0.15) is 17.4 Å². The minimum Gasteiger partial charge on any atom is -0.352 e. The fourth-order valence-electron chi connectivity index (χ4n) is 4.95. The molecule has 0 bridgehead atoms. The number of nitrogens with one attached hydrogen (secondary N) is 1. The first-order chi connectivity index (χ1) is 15.9. The number of H-pyrrole nitrogens is 1. The first-order valence-corrected chi connectivity index (χ1v) is 11.2. The summed E-state index contributed by atoms with van der Waals surface area (Å²) in [5, 5.41) is 1.15. The highest BCUT2D eigenvalue weighted by Gasteiger charge is 2.27. The van der Waals surface area contributed by atoms with Crippen LogP contribution in [0.1, 0.15) is 17.2 Å². The maximum atomic E-state index is 4.68. The van der Waals surface area contributed by atoms with Crippen LogP contribution in [0.3, 0.4) is 0 Å². The fourth-order valence-corrected chi connectivity index (χ4v) is 4.95. The lowest BCUT2D eigenvalue weighted by Gasteiger charge is -2.40. The van der Waals surface area contributed by atoms with Gasteiger partial charge in [-0.2, -0.15) is 0 Å². The Kier molecular flexibility index (Phi) is 4.81. The summed E-state index contributed by atoms with van der Waals surface area (Å²) in [5.41, 5.74) is 5.82. The standard InChI is InChI=1S/C27H25N5/c1-3-9-20(10-4-1)26(21-11-5-2-6-12-21)31-15-17-32(18-16-31)27-25-24(28-19-29-27)22-13-7-8-14-23(22)30-25/h1-14,19,26,30H,15-18H2. The molecular weight excluding hydrogens is 394 g/mol. The van der Waals surface area contributed by atoms with Gasteiger partial charge in [-0.3, -0.25) is 4.90 Å². The summed E-state index contributed by atoms with van der Waals surface area (Å²) in [4.78, 5) is 17.8. The number of nitrogens with zero attached hydrogens (tertiary/aromatic N) is 4. The maximum Gasteiger partial charge on any atom is 0.156 e. The smallest absolute Gasteiger partial charge is 0.156 e. The lowest BCUT2D eigenvalue weighted by atomic mass is 9.96. The molecule has 2 aromatic heterocycles. The Morgan fingerprint density at radius 1 is 0.688 bits per heavy atom. The number of fused-ring (bicyclic) bond motifs is 3. The highest BCUT2D eigenvalue weighted by molar-refractivity contribution is 6.08. The van der Waals surface area contributed by atoms with Gasteiger partial charge in [-0.05, 0) is 17.2 Å². The number of hydrogen-bond acceptors (Lipinski definition) is 4. The van der Waals surface area contributed by atoms with E-state index in [1.165, 1.54) is 11.1 Å². The third kappa shape index (κ3) is 3.31. The van der Waals surface area contributed by atoms with Gasteiger partial charge in [-0.15, -0.1) is 0 Å². The van der Waals surface area contributed by atoms with Gasteiger partial charge in [0.25, 0.3) is 0 Å². The summed E-state index contributed by atoms with van der Waals surface area (Å²) >= 11 is 0. The third-order valence-corrected chi connectivity index (χ3v) is 6.48. The van der Waals surface area contributed by atoms with Crippen molar-refractivity contribution in [1.82, 2.24) is 19.9 Å². The Morgan fingerprint density at radius 2 is 1.31 bits per heavy atom. The lowest BCUT2D eigenvalue weighted by Crippen LogP contribution is -2.48. The van der Waals surface area contributed by atoms with Gasteiger partial charge in [-0.1, -0.05) is 78.9 Å². The average molecular weight is 420 g/mol. The molecule has 0 spiro atoms. The summed E-state index contributed by atoms with van der Waals surface area (Å²) in [5.74, 6) is 1.00. The second-order valence-electron chi connectivity index (χ2n) is 8.34. The zero-order valence-electron chi connectivity index (χ0n) is 17.9. The second-order valence-corrected chi connectivity index (χ2v) is 8.34. The molecule has 0 aliphatic carbocycles. The van der Waals surface area contributed by atoms with Crippen LogP contribution in [0.2, 0.25) is 0 Å². The first-order valence-electron chi connectivity index (χ1n) is 11.2. The van der Waals surface area contributed by atoms with E-state index in [1.54, 1.807) is 6.33 Å². The van der Waals surface area contributed by atoms with Crippen molar-refractivity contribution >= 4 is 27.8 Å². The Labute approximate surface area is 187 Å². The predicted octanol–water partition coefficient (Wildman–Crippen LogP) is 5.02. The molecule has 3 aromatic carbocycles. The highest BCUT2D eigenvalue weighted by Crippen LogP contribution is 2.32. The lowest BCUT2D eigenvalue weighted by molar-refractivity contribution is 0.212. The van der Waals surface area contributed by atoms with Gasteiger partial charge >= 0.3 is 0 Å². The van der Waals surface area contributed by atoms with Crippen LogP contribution in [-0.4, -0.2) is 46.0 Å². The summed E-state index contributed by atoms with van der Waals surface area (Å²) in [6, 6.07) is 30.3. The number of rotatable bonds is 4. The molecule has 32 heavy (non-hydrogen) atoms. The van der Waals surface area contributed by atoms with Crippen LogP contribution < -0.4 is 4.90 Å². The fraction of sp³-hybridized carbons (Fsp3) is 0.185. The molecule has 5 heteroatoms. The molecule has 0 saturated carbocycles. The number of aromatic amines is 1. The van der Waals surface area contributed by atoms with Crippen LogP contribution in [0, 0.1) is 0 Å². The van der Waals surface area contributed by atoms with Crippen molar-refractivity contribution in [3.63, 3.8) is 0 Å². The van der Waals surface area contributed by atoms with E-state index in [1.807, 2.05) is 0 Å². The monoisotopic (exact) mass is 419 g/mol. The summed E-state index contributed by atoms with van der Waals surface area (Å²) < 4.78 is 0. The Balaban J connectivity index is 1.30. The van der Waals surface area contributed by atoms with Crippen molar-refractivity contribution in [2.75, 3.05) is 31.1 Å². The van der Waals surface area contributed by atoms with Crippen molar-refractivity contribution in [2.45, 2.75) is 6.04 Å². The summed E-state index contributed by atoms with van der Waals surface area (Å²) in [6.45, 7) is 3.80. The first kappa shape index (κ1) is 19.0. The van der Waals surface area contributed by atoms with Crippen molar-refractivity contribution in [3.8, 4) is 0 Å². The van der Waals surface area contributed by atoms with Gasteiger partial charge in [0.15, 0.2) is 5.82 Å². The zero-order chi connectivity index (χ0) is 21.3. The van der Waals surface area contributed by atoms with Crippen LogP contribution in [0.5, 0.6) is 0 Å². The topological polar surface area (TPSA) is 48.1 Å². The molecule has 6 rings (SSSR count). The van der Waals surface area contributed by atoms with Gasteiger partial charge in [-0.25, -0.2) is 9.97 Å². The van der Waals surface area contributed by atoms with Crippen molar-refractivity contribution in [2.24, 2.45) is 0 Å². The zero-order valence-corrected chi connectivity index (χ0v) is 17.9. The van der Waals surface area contributed by atoms with E-state index in [9.17, 15) is 0 Å². The normalized spacial score (nSPS) is 15.1. The SMILES string of the molecule is c1ccc(C(c2ccccc2)N2CCN(c3ncnc4c3[nH]c3ccccc34)CC2)cc1. The molecule has 0 unspecified atom stereocenters. The number of hydrogen-bond donors (Lipinski definition) is 1.